The number of rotatable bonds is 1. The Labute approximate surface area is 138 Å². The summed E-state index contributed by atoms with van der Waals surface area (Å²) in [6.07, 6.45) is 2.89. The molecule has 2 aliphatic rings. The molecule has 2 aliphatic heterocycles. The zero-order chi connectivity index (χ0) is 16.8. The maximum absolute atomic E-state index is 13.0. The highest BCUT2D eigenvalue weighted by atomic mass is 16.5. The fourth-order valence-electron chi connectivity index (χ4n) is 3.44. The number of likely N-dealkylation sites (N-methyl/N-ethyl adjacent to an activating group) is 1. The van der Waals surface area contributed by atoms with E-state index in [1.807, 2.05) is 22.7 Å². The maximum Gasteiger partial charge on any atom is 0.257 e. The van der Waals surface area contributed by atoms with Crippen molar-refractivity contribution in [2.45, 2.75) is 45.2 Å². The van der Waals surface area contributed by atoms with Crippen LogP contribution in [0.1, 0.15) is 43.2 Å². The van der Waals surface area contributed by atoms with Gasteiger partial charge in [0.05, 0.1) is 28.9 Å². The van der Waals surface area contributed by atoms with Crippen LogP contribution < -0.4 is 0 Å². The lowest BCUT2D eigenvalue weighted by Gasteiger charge is -2.46. The monoisotopic (exact) mass is 320 g/mol. The first kappa shape index (κ1) is 16.5. The van der Waals surface area contributed by atoms with E-state index >= 15 is 0 Å². The molecule has 128 valence electrons. The van der Waals surface area contributed by atoms with Gasteiger partial charge in [-0.3, -0.25) is 14.4 Å². The van der Waals surface area contributed by atoms with Crippen molar-refractivity contribution in [1.29, 1.82) is 0 Å². The van der Waals surface area contributed by atoms with Gasteiger partial charge in [0.25, 0.3) is 5.91 Å². The number of aromatic nitrogens is 2. The summed E-state index contributed by atoms with van der Waals surface area (Å²) >= 11 is 0. The summed E-state index contributed by atoms with van der Waals surface area (Å²) < 4.78 is 7.51. The van der Waals surface area contributed by atoms with Crippen molar-refractivity contribution in [2.75, 3.05) is 39.9 Å². The van der Waals surface area contributed by atoms with E-state index < -0.39 is 0 Å². The molecule has 1 spiro atoms. The fraction of sp³-hybridized carbons (Fsp3) is 0.765. The highest BCUT2D eigenvalue weighted by Gasteiger charge is 2.44. The zero-order valence-electron chi connectivity index (χ0n) is 14.9. The number of hydrogen-bond donors (Lipinski definition) is 0. The average molecular weight is 320 g/mol. The number of amides is 1. The van der Waals surface area contributed by atoms with Crippen LogP contribution in [0.25, 0.3) is 0 Å². The van der Waals surface area contributed by atoms with Crippen LogP contribution in [-0.4, -0.2) is 70.9 Å². The van der Waals surface area contributed by atoms with Gasteiger partial charge in [-0.15, -0.1) is 0 Å². The summed E-state index contributed by atoms with van der Waals surface area (Å²) in [5.41, 5.74) is 1.40. The lowest BCUT2D eigenvalue weighted by atomic mass is 9.93. The number of nitrogens with zero attached hydrogens (tertiary/aromatic N) is 4. The number of carbonyl (C=O) groups is 1. The van der Waals surface area contributed by atoms with Gasteiger partial charge in [-0.1, -0.05) is 0 Å². The van der Waals surface area contributed by atoms with Crippen molar-refractivity contribution in [3.05, 3.63) is 17.5 Å². The van der Waals surface area contributed by atoms with E-state index in [0.717, 1.165) is 43.9 Å². The summed E-state index contributed by atoms with van der Waals surface area (Å²) in [5, 5.41) is 4.54. The van der Waals surface area contributed by atoms with Gasteiger partial charge in [0.2, 0.25) is 0 Å². The van der Waals surface area contributed by atoms with Gasteiger partial charge in [0.15, 0.2) is 0 Å². The normalized spacial score (nSPS) is 26.2. The van der Waals surface area contributed by atoms with Gasteiger partial charge in [-0.25, -0.2) is 0 Å². The molecule has 0 saturated carbocycles. The molecule has 0 bridgehead atoms. The van der Waals surface area contributed by atoms with Crippen LogP contribution in [-0.2, 0) is 10.3 Å². The predicted molar refractivity (Wildman–Crippen MR) is 88.7 cm³/mol. The molecule has 0 radical (unpaired) electrons. The Morgan fingerprint density at radius 2 is 2.09 bits per heavy atom. The van der Waals surface area contributed by atoms with Crippen LogP contribution >= 0.6 is 0 Å². The van der Waals surface area contributed by atoms with Crippen LogP contribution in [0.2, 0.25) is 0 Å². The molecule has 0 aromatic carbocycles. The summed E-state index contributed by atoms with van der Waals surface area (Å²) in [6.45, 7) is 12.1. The minimum Gasteiger partial charge on any atom is -0.379 e. The van der Waals surface area contributed by atoms with Crippen molar-refractivity contribution in [3.8, 4) is 0 Å². The fourth-order valence-corrected chi connectivity index (χ4v) is 3.44. The number of carbonyl (C=O) groups excluding carboxylic acids is 1. The van der Waals surface area contributed by atoms with E-state index in [4.69, 9.17) is 4.74 Å². The van der Waals surface area contributed by atoms with E-state index in [-0.39, 0.29) is 17.0 Å². The van der Waals surface area contributed by atoms with Crippen molar-refractivity contribution in [2.24, 2.45) is 0 Å². The molecule has 1 unspecified atom stereocenters. The predicted octanol–water partition coefficient (Wildman–Crippen LogP) is 1.49. The molecular formula is C17H28N4O2. The van der Waals surface area contributed by atoms with E-state index in [1.165, 1.54) is 0 Å². The highest BCUT2D eigenvalue weighted by Crippen LogP contribution is 2.30. The van der Waals surface area contributed by atoms with Crippen molar-refractivity contribution in [1.82, 2.24) is 19.6 Å². The molecule has 1 atom stereocenters. The third kappa shape index (κ3) is 2.90. The second kappa shape index (κ2) is 5.60. The first-order chi connectivity index (χ1) is 10.7. The molecule has 2 saturated heterocycles. The molecule has 0 aliphatic carbocycles. The number of piperazine rings is 1. The van der Waals surface area contributed by atoms with E-state index in [0.29, 0.717) is 6.61 Å². The largest absolute Gasteiger partial charge is 0.379 e. The first-order valence-electron chi connectivity index (χ1n) is 8.38. The van der Waals surface area contributed by atoms with Crippen LogP contribution in [0.15, 0.2) is 6.20 Å². The third-order valence-corrected chi connectivity index (χ3v) is 5.19. The van der Waals surface area contributed by atoms with Crippen LogP contribution in [0.5, 0.6) is 0 Å². The highest BCUT2D eigenvalue weighted by molar-refractivity contribution is 5.95. The summed E-state index contributed by atoms with van der Waals surface area (Å²) in [7, 11) is 2.14. The van der Waals surface area contributed by atoms with Crippen molar-refractivity contribution >= 4 is 5.91 Å². The number of ether oxygens (including phenoxy) is 1. The van der Waals surface area contributed by atoms with Gasteiger partial charge >= 0.3 is 0 Å². The minimum atomic E-state index is -0.119. The smallest absolute Gasteiger partial charge is 0.257 e. The lowest BCUT2D eigenvalue weighted by molar-refractivity contribution is 0.00921. The van der Waals surface area contributed by atoms with Crippen LogP contribution in [0, 0.1) is 6.92 Å². The average Bonchev–Trinajstić information content (AvgIpc) is 3.08. The lowest BCUT2D eigenvalue weighted by Crippen LogP contribution is -2.62. The van der Waals surface area contributed by atoms with Gasteiger partial charge in [-0.2, -0.15) is 5.10 Å². The number of hydrogen-bond acceptors (Lipinski definition) is 4. The Hall–Kier alpha value is -1.40. The molecule has 1 amide bonds. The van der Waals surface area contributed by atoms with Gasteiger partial charge in [-0.05, 0) is 41.2 Å². The quantitative estimate of drug-likeness (QED) is 0.787. The van der Waals surface area contributed by atoms with Crippen molar-refractivity contribution < 1.29 is 9.53 Å². The second-order valence-electron chi connectivity index (χ2n) is 7.92. The standard InChI is InChI=1S/C17H28N4O2/c1-13-14(10-21(18-13)16(2,3)4)15(22)20-8-7-19(5)17(11-20)6-9-23-12-17/h10H,6-9,11-12H2,1-5H3. The van der Waals surface area contributed by atoms with E-state index in [9.17, 15) is 4.79 Å². The third-order valence-electron chi connectivity index (χ3n) is 5.19. The van der Waals surface area contributed by atoms with Gasteiger partial charge < -0.3 is 9.64 Å². The van der Waals surface area contributed by atoms with E-state index in [1.54, 1.807) is 0 Å². The van der Waals surface area contributed by atoms with Crippen LogP contribution in [0.3, 0.4) is 0 Å². The topological polar surface area (TPSA) is 50.6 Å². The van der Waals surface area contributed by atoms with Gasteiger partial charge in [0.1, 0.15) is 0 Å². The Morgan fingerprint density at radius 1 is 1.35 bits per heavy atom. The molecular weight excluding hydrogens is 292 g/mol. The summed E-state index contributed by atoms with van der Waals surface area (Å²) in [6, 6.07) is 0. The Bertz CT molecular complexity index is 596. The molecule has 6 heteroatoms. The molecule has 23 heavy (non-hydrogen) atoms. The summed E-state index contributed by atoms with van der Waals surface area (Å²) in [4.78, 5) is 17.4. The molecule has 1 aromatic heterocycles. The van der Waals surface area contributed by atoms with E-state index in [2.05, 4.69) is 37.8 Å². The SMILES string of the molecule is Cc1nn(C(C)(C)C)cc1C(=O)N1CCN(C)C2(CCOC2)C1. The second-order valence-corrected chi connectivity index (χ2v) is 7.92. The molecule has 6 nitrogen and oxygen atoms in total. The maximum atomic E-state index is 13.0. The van der Waals surface area contributed by atoms with Gasteiger partial charge in [0, 0.05) is 32.4 Å². The Kier molecular flexibility index (Phi) is 4.01. The zero-order valence-corrected chi connectivity index (χ0v) is 14.9. The Balaban J connectivity index is 1.82. The van der Waals surface area contributed by atoms with Crippen LogP contribution in [0.4, 0.5) is 0 Å². The molecule has 1 aromatic rings. The molecule has 2 fully saturated rings. The molecule has 3 heterocycles. The Morgan fingerprint density at radius 3 is 2.65 bits per heavy atom. The number of aryl methyl sites for hydroxylation is 1. The molecule has 3 rings (SSSR count). The van der Waals surface area contributed by atoms with Crippen molar-refractivity contribution in [3.63, 3.8) is 0 Å². The first-order valence-corrected chi connectivity index (χ1v) is 8.38. The molecule has 0 N–H and O–H groups in total. The minimum absolute atomic E-state index is 0.0121. The summed E-state index contributed by atoms with van der Waals surface area (Å²) in [5.74, 6) is 0.0948.